The highest BCUT2D eigenvalue weighted by Gasteiger charge is 2.48. The number of halogens is 3. The summed E-state index contributed by atoms with van der Waals surface area (Å²) in [7, 11) is -5.78. The summed E-state index contributed by atoms with van der Waals surface area (Å²) in [5.41, 5.74) is 3.04. The molecule has 0 amide bonds. The standard InChI is InChI=1S/C22H28N2O5.C22H24N2O5.C18H17F3N2O7S/c2*1-15(25)3-2-4-16-5-6-19-17(11-16)7-8-24-20(19)12-21(23-22(24)26)29-14-18-13-27-9-10-28-18;19-18(20,21)31(25,26)30-12-1-2-14-11(7-12)3-4-23-15(14)8-16(22-17(23)24)29-10-13-9-27-5-6-28-13/h5-6,11-12,15,18,25H,2-4,7-10,13-14H2,1H3;5-6,11-12,15,18,25H,3,7-10,13-14H2,1H3;1-2,7-8,13H,3-6,9-10H2/t2*15?,18-;13-/m000/s1. The number of hydrogen-bond donors (Lipinski definition) is 2. The lowest BCUT2D eigenvalue weighted by Gasteiger charge is -2.24. The molecule has 3 fully saturated rings. The van der Waals surface area contributed by atoms with Gasteiger partial charge in [-0.1, -0.05) is 36.1 Å². The normalized spacial score (nSPS) is 18.9. The second kappa shape index (κ2) is 29.4. The van der Waals surface area contributed by atoms with E-state index in [0.717, 1.165) is 71.8 Å². The minimum atomic E-state index is -5.78. The topological polar surface area (TPSA) is 272 Å². The molecule has 3 aromatic heterocycles. The van der Waals surface area contributed by atoms with Crippen molar-refractivity contribution in [3.05, 3.63) is 132 Å². The van der Waals surface area contributed by atoms with E-state index in [1.807, 2.05) is 37.3 Å². The van der Waals surface area contributed by atoms with Crippen LogP contribution in [-0.2, 0) is 83.9 Å². The van der Waals surface area contributed by atoms with Crippen molar-refractivity contribution in [3.63, 3.8) is 0 Å². The molecule has 0 spiro atoms. The van der Waals surface area contributed by atoms with E-state index < -0.39 is 33.2 Å². The maximum absolute atomic E-state index is 12.6. The Kier molecular flexibility index (Phi) is 21.3. The van der Waals surface area contributed by atoms with Gasteiger partial charge in [-0.2, -0.15) is 36.5 Å². The predicted molar refractivity (Wildman–Crippen MR) is 314 cm³/mol. The Balaban J connectivity index is 0.000000147. The molecule has 3 saturated heterocycles. The van der Waals surface area contributed by atoms with E-state index >= 15 is 0 Å². The zero-order valence-electron chi connectivity index (χ0n) is 49.1. The fourth-order valence-electron chi connectivity index (χ4n) is 10.7. The van der Waals surface area contributed by atoms with Crippen LogP contribution in [-0.4, -0.2) is 163 Å². The van der Waals surface area contributed by atoms with Crippen molar-refractivity contribution in [2.75, 3.05) is 79.3 Å². The largest absolute Gasteiger partial charge is 0.534 e. The molecule has 0 radical (unpaired) electrons. The summed E-state index contributed by atoms with van der Waals surface area (Å²) < 4.78 is 119. The molecule has 3 aromatic carbocycles. The SMILES string of the molecule is CC(O)CC#Cc1ccc2c(c1)CCn1c-2cc(OC[C@@H]2COCCO2)nc1=O.CC(O)CCCc1ccc2c(c1)CCn1c-2cc(OC[C@@H]2COCCO2)nc1=O.O=c1nc(OC[C@@H]2COCCO2)cc2n1CCc1cc(OS(=O)(=O)C(F)(F)F)ccc1-2. The summed E-state index contributed by atoms with van der Waals surface area (Å²) >= 11 is 0. The van der Waals surface area contributed by atoms with Gasteiger partial charge in [0.05, 0.1) is 88.8 Å². The average molecular weight is 1260 g/mol. The van der Waals surface area contributed by atoms with Crippen LogP contribution < -0.4 is 35.5 Å². The number of rotatable bonds is 16. The predicted octanol–water partition coefficient (Wildman–Crippen LogP) is 4.84. The smallest absolute Gasteiger partial charge is 0.475 e. The quantitative estimate of drug-likeness (QED) is 0.0746. The number of benzene rings is 3. The van der Waals surface area contributed by atoms with Gasteiger partial charge in [-0.25, -0.2) is 14.4 Å². The first-order valence-electron chi connectivity index (χ1n) is 29.4. The van der Waals surface area contributed by atoms with Crippen LogP contribution in [0.25, 0.3) is 33.8 Å². The highest BCUT2D eigenvalue weighted by molar-refractivity contribution is 7.88. The van der Waals surface area contributed by atoms with Crippen LogP contribution in [0.5, 0.6) is 23.4 Å². The zero-order valence-corrected chi connectivity index (χ0v) is 49.9. The first kappa shape index (κ1) is 64.5. The third-order valence-electron chi connectivity index (χ3n) is 15.1. The maximum atomic E-state index is 12.6. The van der Waals surface area contributed by atoms with E-state index in [2.05, 4.69) is 49.2 Å². The Morgan fingerprint density at radius 2 is 1.03 bits per heavy atom. The van der Waals surface area contributed by atoms with Crippen molar-refractivity contribution in [1.29, 1.82) is 0 Å². The molecule has 23 nitrogen and oxygen atoms in total. The van der Waals surface area contributed by atoms with Gasteiger partial charge in [0.1, 0.15) is 43.9 Å². The monoisotopic (exact) mass is 1260 g/mol. The van der Waals surface area contributed by atoms with Crippen LogP contribution in [0.4, 0.5) is 13.2 Å². The van der Waals surface area contributed by atoms with Crippen LogP contribution in [0.3, 0.4) is 0 Å². The van der Waals surface area contributed by atoms with Crippen molar-refractivity contribution in [1.82, 2.24) is 28.7 Å². The second-order valence-corrected chi connectivity index (χ2v) is 23.4. The van der Waals surface area contributed by atoms with Gasteiger partial charge >= 0.3 is 32.7 Å². The number of aliphatic hydroxyl groups is 2. The number of hydrogen-bond acceptors (Lipinski definition) is 20. The molecule has 12 rings (SSSR count). The molecular weight excluding hydrogens is 1190 g/mol. The van der Waals surface area contributed by atoms with E-state index in [1.54, 1.807) is 16.1 Å². The zero-order chi connectivity index (χ0) is 62.7. The second-order valence-electron chi connectivity index (χ2n) is 21.9. The van der Waals surface area contributed by atoms with Crippen LogP contribution >= 0.6 is 0 Å². The molecule has 27 heteroatoms. The number of aromatic nitrogens is 6. The number of alkyl halides is 3. The summed E-state index contributed by atoms with van der Waals surface area (Å²) in [6.07, 6.45) is 3.69. The third-order valence-corrected chi connectivity index (χ3v) is 16.0. The molecule has 0 aliphatic carbocycles. The number of aryl methyl sites for hydroxylation is 4. The number of nitrogens with zero attached hydrogens (tertiary/aromatic N) is 6. The summed E-state index contributed by atoms with van der Waals surface area (Å²) in [4.78, 5) is 49.4. The average Bonchev–Trinajstić information content (AvgIpc) is 1.47. The highest BCUT2D eigenvalue weighted by atomic mass is 32.2. The van der Waals surface area contributed by atoms with Gasteiger partial charge in [0.25, 0.3) is 0 Å². The molecule has 0 bridgehead atoms. The van der Waals surface area contributed by atoms with E-state index in [0.29, 0.717) is 121 Å². The van der Waals surface area contributed by atoms with Gasteiger partial charge in [-0.3, -0.25) is 13.7 Å². The molecule has 0 saturated carbocycles. The first-order chi connectivity index (χ1) is 42.8. The van der Waals surface area contributed by atoms with Crippen molar-refractivity contribution in [2.24, 2.45) is 0 Å². The van der Waals surface area contributed by atoms with Gasteiger partial charge in [0.2, 0.25) is 17.6 Å². The minimum Gasteiger partial charge on any atom is -0.475 e. The lowest BCUT2D eigenvalue weighted by molar-refractivity contribution is -0.102. The summed E-state index contributed by atoms with van der Waals surface area (Å²) in [5.74, 6) is 6.29. The van der Waals surface area contributed by atoms with Crippen molar-refractivity contribution in [2.45, 2.75) is 114 Å². The van der Waals surface area contributed by atoms with Gasteiger partial charge in [-0.05, 0) is 105 Å². The Morgan fingerprint density at radius 3 is 1.46 bits per heavy atom. The van der Waals surface area contributed by atoms with Crippen molar-refractivity contribution < 1.29 is 78.6 Å². The molecule has 6 aliphatic rings. The van der Waals surface area contributed by atoms with Gasteiger partial charge in [0, 0.05) is 66.5 Å². The first-order valence-corrected chi connectivity index (χ1v) is 30.8. The molecule has 9 heterocycles. The molecule has 6 aromatic rings. The molecule has 476 valence electrons. The van der Waals surface area contributed by atoms with Crippen LogP contribution in [0.2, 0.25) is 0 Å². The van der Waals surface area contributed by atoms with E-state index in [9.17, 15) is 46.2 Å². The van der Waals surface area contributed by atoms with E-state index in [4.69, 9.17) is 42.6 Å². The van der Waals surface area contributed by atoms with Crippen molar-refractivity contribution in [3.8, 4) is 69.0 Å². The summed E-state index contributed by atoms with van der Waals surface area (Å²) in [5, 5.41) is 18.8. The highest BCUT2D eigenvalue weighted by Crippen LogP contribution is 2.36. The summed E-state index contributed by atoms with van der Waals surface area (Å²) in [6.45, 7) is 10.2. The summed E-state index contributed by atoms with van der Waals surface area (Å²) in [6, 6.07) is 21.3. The molecule has 6 aliphatic heterocycles. The Hall–Kier alpha value is -7.52. The van der Waals surface area contributed by atoms with Gasteiger partial charge in [0.15, 0.2) is 0 Å². The van der Waals surface area contributed by atoms with E-state index in [-0.39, 0.29) is 61.2 Å². The molecular formula is C62H69F3N6O17S. The van der Waals surface area contributed by atoms with Crippen LogP contribution in [0, 0.1) is 11.8 Å². The molecule has 2 N–H and O–H groups in total. The third kappa shape index (κ3) is 16.9. The molecule has 2 unspecified atom stereocenters. The minimum absolute atomic E-state index is 0.0678. The van der Waals surface area contributed by atoms with Crippen LogP contribution in [0.15, 0.2) is 87.2 Å². The lowest BCUT2D eigenvalue weighted by atomic mass is 9.94. The van der Waals surface area contributed by atoms with Gasteiger partial charge in [-0.15, -0.1) is 0 Å². The molecule has 5 atom stereocenters. The number of fused-ring (bicyclic) bond motifs is 9. The van der Waals surface area contributed by atoms with E-state index in [1.165, 1.54) is 33.9 Å². The fourth-order valence-corrected chi connectivity index (χ4v) is 11.1. The van der Waals surface area contributed by atoms with Gasteiger partial charge < -0.3 is 57.0 Å². The number of ether oxygens (including phenoxy) is 9. The lowest BCUT2D eigenvalue weighted by Crippen LogP contribution is -2.34. The van der Waals surface area contributed by atoms with Crippen molar-refractivity contribution >= 4 is 10.1 Å². The number of aliphatic hydroxyl groups excluding tert-OH is 2. The maximum Gasteiger partial charge on any atom is 0.534 e. The van der Waals surface area contributed by atoms with Crippen LogP contribution in [0.1, 0.15) is 60.9 Å². The Bertz CT molecular complexity index is 3830. The fraction of sp³-hybridized carbons (Fsp3) is 0.484. The Morgan fingerprint density at radius 1 is 0.596 bits per heavy atom. The Labute approximate surface area is 510 Å². The molecule has 89 heavy (non-hydrogen) atoms.